The molecule has 102 valence electrons. The van der Waals surface area contributed by atoms with Crippen LogP contribution in [0.1, 0.15) is 25.1 Å². The molecule has 3 nitrogen and oxygen atoms in total. The molecule has 4 heteroatoms. The van der Waals surface area contributed by atoms with Gasteiger partial charge in [-0.25, -0.2) is 4.98 Å². The average Bonchev–Trinajstić information content (AvgIpc) is 2.92. The Bertz CT molecular complexity index is 510. The molecule has 2 aromatic rings. The van der Waals surface area contributed by atoms with Crippen LogP contribution in [0.2, 0.25) is 0 Å². The van der Waals surface area contributed by atoms with Crippen LogP contribution in [0.3, 0.4) is 0 Å². The zero-order chi connectivity index (χ0) is 13.5. The minimum atomic E-state index is 0.757. The third-order valence-electron chi connectivity index (χ3n) is 2.66. The van der Waals surface area contributed by atoms with Crippen LogP contribution in [0.4, 0.5) is 0 Å². The van der Waals surface area contributed by atoms with Gasteiger partial charge in [0.15, 0.2) is 0 Å². The molecule has 0 saturated heterocycles. The minimum Gasteiger partial charge on any atom is -0.494 e. The average molecular weight is 276 g/mol. The van der Waals surface area contributed by atoms with E-state index in [-0.39, 0.29) is 0 Å². The van der Waals surface area contributed by atoms with Crippen molar-refractivity contribution in [3.05, 3.63) is 35.3 Å². The summed E-state index contributed by atoms with van der Waals surface area (Å²) in [6.07, 6.45) is 2.97. The van der Waals surface area contributed by atoms with Crippen molar-refractivity contribution in [2.24, 2.45) is 0 Å². The predicted molar refractivity (Wildman–Crippen MR) is 80.7 cm³/mol. The van der Waals surface area contributed by atoms with Crippen molar-refractivity contribution >= 4 is 11.3 Å². The summed E-state index contributed by atoms with van der Waals surface area (Å²) < 4.78 is 5.65. The van der Waals surface area contributed by atoms with Crippen molar-refractivity contribution in [2.45, 2.75) is 26.8 Å². The zero-order valence-electron chi connectivity index (χ0n) is 11.5. The van der Waals surface area contributed by atoms with Gasteiger partial charge in [0.2, 0.25) is 0 Å². The molecule has 0 atom stereocenters. The number of rotatable bonds is 7. The largest absolute Gasteiger partial charge is 0.494 e. The van der Waals surface area contributed by atoms with E-state index < -0.39 is 0 Å². The molecule has 2 rings (SSSR count). The van der Waals surface area contributed by atoms with Gasteiger partial charge in [-0.1, -0.05) is 26.0 Å². The second-order valence-electron chi connectivity index (χ2n) is 4.29. The van der Waals surface area contributed by atoms with E-state index in [0.29, 0.717) is 0 Å². The number of nitrogens with zero attached hydrogens (tertiary/aromatic N) is 1. The fourth-order valence-electron chi connectivity index (χ4n) is 1.71. The third-order valence-corrected chi connectivity index (χ3v) is 3.70. The predicted octanol–water partition coefficient (Wildman–Crippen LogP) is 3.71. The monoisotopic (exact) mass is 276 g/mol. The molecule has 0 amide bonds. The van der Waals surface area contributed by atoms with Crippen molar-refractivity contribution in [3.63, 3.8) is 0 Å². The van der Waals surface area contributed by atoms with Crippen molar-refractivity contribution in [3.8, 4) is 16.3 Å². The van der Waals surface area contributed by atoms with Crippen molar-refractivity contribution < 1.29 is 4.74 Å². The molecule has 0 unspecified atom stereocenters. The molecule has 0 radical (unpaired) electrons. The van der Waals surface area contributed by atoms with E-state index in [0.717, 1.165) is 42.4 Å². The number of aromatic nitrogens is 1. The first-order valence-corrected chi connectivity index (χ1v) is 7.53. The van der Waals surface area contributed by atoms with Crippen molar-refractivity contribution in [1.82, 2.24) is 10.3 Å². The summed E-state index contributed by atoms with van der Waals surface area (Å²) in [5.74, 6) is 0.919. The van der Waals surface area contributed by atoms with Gasteiger partial charge in [-0.3, -0.25) is 0 Å². The maximum absolute atomic E-state index is 5.65. The van der Waals surface area contributed by atoms with Crippen LogP contribution in [0, 0.1) is 0 Å². The lowest BCUT2D eigenvalue weighted by Crippen LogP contribution is -2.10. The number of thiazole rings is 1. The summed E-state index contributed by atoms with van der Waals surface area (Å²) >= 11 is 1.73. The lowest BCUT2D eigenvalue weighted by atomic mass is 10.2. The second kappa shape index (κ2) is 7.26. The van der Waals surface area contributed by atoms with E-state index >= 15 is 0 Å². The standard InChI is InChI=1S/C15H20N2OS/c1-3-8-18-13-7-5-6-12(9-13)15-17-11-14(19-15)10-16-4-2/h5-7,9,11,16H,3-4,8,10H2,1-2H3. The molecular weight excluding hydrogens is 256 g/mol. The summed E-state index contributed by atoms with van der Waals surface area (Å²) in [4.78, 5) is 5.74. The molecule has 1 heterocycles. The van der Waals surface area contributed by atoms with Gasteiger partial charge >= 0.3 is 0 Å². The Morgan fingerprint density at radius 1 is 1.32 bits per heavy atom. The highest BCUT2D eigenvalue weighted by atomic mass is 32.1. The third kappa shape index (κ3) is 4.04. The van der Waals surface area contributed by atoms with Gasteiger partial charge in [-0.2, -0.15) is 0 Å². The summed E-state index contributed by atoms with van der Waals surface area (Å²) in [6.45, 7) is 6.84. The first-order chi connectivity index (χ1) is 9.33. The molecule has 0 aliphatic carbocycles. The second-order valence-corrected chi connectivity index (χ2v) is 5.40. The SMILES string of the molecule is CCCOc1cccc(-c2ncc(CNCC)s2)c1. The summed E-state index contributed by atoms with van der Waals surface area (Å²) in [6, 6.07) is 8.15. The normalized spacial score (nSPS) is 10.6. The molecule has 1 aromatic heterocycles. The van der Waals surface area contributed by atoms with E-state index in [1.54, 1.807) is 11.3 Å². The van der Waals surface area contributed by atoms with E-state index in [2.05, 4.69) is 36.3 Å². The Balaban J connectivity index is 2.10. The molecule has 0 spiro atoms. The lowest BCUT2D eigenvalue weighted by Gasteiger charge is -2.05. The van der Waals surface area contributed by atoms with Gasteiger partial charge in [0.1, 0.15) is 10.8 Å². The first-order valence-electron chi connectivity index (χ1n) is 6.72. The van der Waals surface area contributed by atoms with Gasteiger partial charge in [0.25, 0.3) is 0 Å². The van der Waals surface area contributed by atoms with Gasteiger partial charge in [-0.15, -0.1) is 11.3 Å². The number of hydrogen-bond acceptors (Lipinski definition) is 4. The number of benzene rings is 1. The quantitative estimate of drug-likeness (QED) is 0.837. The Morgan fingerprint density at radius 2 is 2.21 bits per heavy atom. The minimum absolute atomic E-state index is 0.757. The lowest BCUT2D eigenvalue weighted by molar-refractivity contribution is 0.317. The maximum Gasteiger partial charge on any atom is 0.123 e. The molecule has 1 N–H and O–H groups in total. The topological polar surface area (TPSA) is 34.1 Å². The fourth-order valence-corrected chi connectivity index (χ4v) is 2.59. The molecule has 1 aromatic carbocycles. The summed E-state index contributed by atoms with van der Waals surface area (Å²) in [5, 5.41) is 4.37. The molecule has 0 bridgehead atoms. The van der Waals surface area contributed by atoms with Crippen molar-refractivity contribution in [2.75, 3.05) is 13.2 Å². The van der Waals surface area contributed by atoms with Gasteiger partial charge in [0.05, 0.1) is 6.61 Å². The highest BCUT2D eigenvalue weighted by molar-refractivity contribution is 7.15. The maximum atomic E-state index is 5.65. The van der Waals surface area contributed by atoms with Gasteiger partial charge in [0, 0.05) is 23.2 Å². The fraction of sp³-hybridized carbons (Fsp3) is 0.400. The summed E-state index contributed by atoms with van der Waals surface area (Å²) in [5.41, 5.74) is 1.13. The Kier molecular flexibility index (Phi) is 5.36. The zero-order valence-corrected chi connectivity index (χ0v) is 12.3. The number of nitrogens with one attached hydrogen (secondary N) is 1. The van der Waals surface area contributed by atoms with Crippen LogP contribution in [0.25, 0.3) is 10.6 Å². The van der Waals surface area contributed by atoms with Crippen LogP contribution in [-0.4, -0.2) is 18.1 Å². The number of hydrogen-bond donors (Lipinski definition) is 1. The molecular formula is C15H20N2OS. The van der Waals surface area contributed by atoms with Crippen LogP contribution in [0.15, 0.2) is 30.5 Å². The van der Waals surface area contributed by atoms with E-state index in [4.69, 9.17) is 4.74 Å². The van der Waals surface area contributed by atoms with E-state index in [1.165, 1.54) is 4.88 Å². The van der Waals surface area contributed by atoms with Gasteiger partial charge < -0.3 is 10.1 Å². The molecule has 19 heavy (non-hydrogen) atoms. The van der Waals surface area contributed by atoms with Crippen LogP contribution < -0.4 is 10.1 Å². The van der Waals surface area contributed by atoms with Crippen LogP contribution in [-0.2, 0) is 6.54 Å². The molecule has 0 aliphatic heterocycles. The molecule has 0 saturated carbocycles. The number of ether oxygens (including phenoxy) is 1. The van der Waals surface area contributed by atoms with E-state index in [9.17, 15) is 0 Å². The van der Waals surface area contributed by atoms with Crippen LogP contribution >= 0.6 is 11.3 Å². The Labute approximate surface area is 118 Å². The van der Waals surface area contributed by atoms with Gasteiger partial charge in [-0.05, 0) is 25.1 Å². The Hall–Kier alpha value is -1.39. The highest BCUT2D eigenvalue weighted by Crippen LogP contribution is 2.27. The smallest absolute Gasteiger partial charge is 0.123 e. The first kappa shape index (κ1) is 14.0. The van der Waals surface area contributed by atoms with Crippen LogP contribution in [0.5, 0.6) is 5.75 Å². The summed E-state index contributed by atoms with van der Waals surface area (Å²) in [7, 11) is 0. The van der Waals surface area contributed by atoms with Crippen molar-refractivity contribution in [1.29, 1.82) is 0 Å². The van der Waals surface area contributed by atoms with E-state index in [1.807, 2.05) is 18.3 Å². The molecule has 0 fully saturated rings. The Morgan fingerprint density at radius 3 is 3.00 bits per heavy atom. The highest BCUT2D eigenvalue weighted by Gasteiger charge is 2.05. The molecule has 0 aliphatic rings.